The van der Waals surface area contributed by atoms with Gasteiger partial charge in [0.2, 0.25) is 0 Å². The number of hydrogen-bond donors (Lipinski definition) is 1. The van der Waals surface area contributed by atoms with Gasteiger partial charge in [-0.1, -0.05) is 17.7 Å². The third-order valence-electron chi connectivity index (χ3n) is 3.45. The van der Waals surface area contributed by atoms with Crippen molar-refractivity contribution in [1.29, 1.82) is 0 Å². The lowest BCUT2D eigenvalue weighted by atomic mass is 9.97. The zero-order valence-corrected chi connectivity index (χ0v) is 11.8. The van der Waals surface area contributed by atoms with E-state index in [9.17, 15) is 9.90 Å². The van der Waals surface area contributed by atoms with Gasteiger partial charge in [-0.15, -0.1) is 0 Å². The van der Waals surface area contributed by atoms with Crippen molar-refractivity contribution in [2.45, 2.75) is 34.2 Å². The van der Waals surface area contributed by atoms with Gasteiger partial charge in [0.05, 0.1) is 0 Å². The smallest absolute Gasteiger partial charge is 0.352 e. The fraction of sp³-hybridized carbons (Fsp3) is 0.312. The van der Waals surface area contributed by atoms with Crippen LogP contribution in [-0.2, 0) is 6.54 Å². The molecular formula is C16H19NO2. The summed E-state index contributed by atoms with van der Waals surface area (Å²) in [5.74, 6) is -0.879. The van der Waals surface area contributed by atoms with Crippen LogP contribution in [0.5, 0.6) is 0 Å². The quantitative estimate of drug-likeness (QED) is 0.908. The maximum atomic E-state index is 11.2. The summed E-state index contributed by atoms with van der Waals surface area (Å²) in [6, 6.07) is 7.85. The van der Waals surface area contributed by atoms with Gasteiger partial charge in [-0.25, -0.2) is 4.79 Å². The maximum Gasteiger partial charge on any atom is 0.352 e. The fourth-order valence-electron chi connectivity index (χ4n) is 2.80. The second kappa shape index (κ2) is 4.92. The molecule has 0 aliphatic heterocycles. The molecule has 3 heteroatoms. The molecule has 100 valence electrons. The highest BCUT2D eigenvalue weighted by atomic mass is 16.4. The maximum absolute atomic E-state index is 11.2. The number of aromatic nitrogens is 1. The number of carboxylic acids is 1. The fourth-order valence-corrected chi connectivity index (χ4v) is 2.80. The largest absolute Gasteiger partial charge is 0.477 e. The van der Waals surface area contributed by atoms with Crippen LogP contribution in [0.1, 0.15) is 34.1 Å². The van der Waals surface area contributed by atoms with Crippen molar-refractivity contribution in [2.75, 3.05) is 0 Å². The van der Waals surface area contributed by atoms with Crippen LogP contribution < -0.4 is 0 Å². The van der Waals surface area contributed by atoms with Crippen LogP contribution in [-0.4, -0.2) is 15.6 Å². The molecule has 2 rings (SSSR count). The Morgan fingerprint density at radius 3 is 2.21 bits per heavy atom. The average molecular weight is 257 g/mol. The van der Waals surface area contributed by atoms with E-state index in [1.807, 2.05) is 17.6 Å². The van der Waals surface area contributed by atoms with Gasteiger partial charge in [-0.2, -0.15) is 0 Å². The topological polar surface area (TPSA) is 42.2 Å². The van der Waals surface area contributed by atoms with E-state index in [4.69, 9.17) is 0 Å². The van der Waals surface area contributed by atoms with Gasteiger partial charge in [0, 0.05) is 17.8 Å². The average Bonchev–Trinajstić information content (AvgIpc) is 2.71. The second-order valence-electron chi connectivity index (χ2n) is 4.93. The predicted molar refractivity (Wildman–Crippen MR) is 76.7 cm³/mol. The van der Waals surface area contributed by atoms with Crippen molar-refractivity contribution in [3.8, 4) is 11.3 Å². The molecule has 1 N–H and O–H groups in total. The van der Waals surface area contributed by atoms with E-state index in [-0.39, 0.29) is 0 Å². The van der Waals surface area contributed by atoms with Crippen LogP contribution >= 0.6 is 0 Å². The first kappa shape index (κ1) is 13.4. The molecule has 0 bridgehead atoms. The third kappa shape index (κ3) is 2.28. The Balaban J connectivity index is 2.69. The molecule has 0 spiro atoms. The highest BCUT2D eigenvalue weighted by Gasteiger charge is 2.16. The summed E-state index contributed by atoms with van der Waals surface area (Å²) in [6.07, 6.45) is 0. The Morgan fingerprint density at radius 1 is 1.16 bits per heavy atom. The number of aryl methyl sites for hydroxylation is 3. The summed E-state index contributed by atoms with van der Waals surface area (Å²) in [7, 11) is 0. The van der Waals surface area contributed by atoms with Crippen molar-refractivity contribution < 1.29 is 9.90 Å². The van der Waals surface area contributed by atoms with E-state index in [0.29, 0.717) is 12.2 Å². The molecule has 0 aliphatic carbocycles. The molecule has 0 unspecified atom stereocenters. The molecular weight excluding hydrogens is 238 g/mol. The second-order valence-corrected chi connectivity index (χ2v) is 4.93. The summed E-state index contributed by atoms with van der Waals surface area (Å²) in [5, 5.41) is 9.22. The molecule has 0 atom stereocenters. The van der Waals surface area contributed by atoms with Gasteiger partial charge >= 0.3 is 5.97 Å². The molecule has 19 heavy (non-hydrogen) atoms. The number of carboxylic acid groups (broad SMARTS) is 1. The first-order valence-electron chi connectivity index (χ1n) is 6.46. The van der Waals surface area contributed by atoms with Crippen LogP contribution in [0.25, 0.3) is 11.3 Å². The van der Waals surface area contributed by atoms with Gasteiger partial charge in [0.15, 0.2) is 0 Å². The number of aromatic carboxylic acids is 1. The van der Waals surface area contributed by atoms with Crippen LogP contribution in [0.15, 0.2) is 24.3 Å². The lowest BCUT2D eigenvalue weighted by molar-refractivity contribution is 0.0685. The Kier molecular flexibility index (Phi) is 3.47. The number of hydrogen-bond acceptors (Lipinski definition) is 1. The molecule has 0 saturated carbocycles. The molecule has 1 heterocycles. The standard InChI is InChI=1S/C16H19NO2/c1-5-17-13(6-7-14(17)16(18)19)15-11(3)8-10(2)9-12(15)4/h6-9H,5H2,1-4H3,(H,18,19). The summed E-state index contributed by atoms with van der Waals surface area (Å²) < 4.78 is 1.85. The highest BCUT2D eigenvalue weighted by molar-refractivity contribution is 5.88. The molecule has 0 amide bonds. The Morgan fingerprint density at radius 2 is 1.74 bits per heavy atom. The molecule has 2 aromatic rings. The summed E-state index contributed by atoms with van der Waals surface area (Å²) in [5.41, 5.74) is 6.06. The zero-order valence-electron chi connectivity index (χ0n) is 11.8. The third-order valence-corrected chi connectivity index (χ3v) is 3.45. The van der Waals surface area contributed by atoms with Crippen LogP contribution in [0, 0.1) is 20.8 Å². The van der Waals surface area contributed by atoms with E-state index in [2.05, 4.69) is 32.9 Å². The van der Waals surface area contributed by atoms with Crippen molar-refractivity contribution in [1.82, 2.24) is 4.57 Å². The molecule has 3 nitrogen and oxygen atoms in total. The van der Waals surface area contributed by atoms with Gasteiger partial charge in [-0.3, -0.25) is 0 Å². The minimum absolute atomic E-state index is 0.344. The van der Waals surface area contributed by atoms with Crippen molar-refractivity contribution in [3.63, 3.8) is 0 Å². The van der Waals surface area contributed by atoms with Crippen LogP contribution in [0.4, 0.5) is 0 Å². The highest BCUT2D eigenvalue weighted by Crippen LogP contribution is 2.30. The number of rotatable bonds is 3. The van der Waals surface area contributed by atoms with Gasteiger partial charge in [0.1, 0.15) is 5.69 Å². The lowest BCUT2D eigenvalue weighted by Crippen LogP contribution is -2.09. The van der Waals surface area contributed by atoms with Crippen molar-refractivity contribution >= 4 is 5.97 Å². The SMILES string of the molecule is CCn1c(C(=O)O)ccc1-c1c(C)cc(C)cc1C. The van der Waals surface area contributed by atoms with Gasteiger partial charge < -0.3 is 9.67 Å². The monoisotopic (exact) mass is 257 g/mol. The number of carbonyl (C=O) groups is 1. The molecule has 0 fully saturated rings. The molecule has 0 aliphatic rings. The lowest BCUT2D eigenvalue weighted by Gasteiger charge is -2.14. The molecule has 1 aromatic carbocycles. The van der Waals surface area contributed by atoms with Gasteiger partial charge in [-0.05, 0) is 51.0 Å². The van der Waals surface area contributed by atoms with E-state index < -0.39 is 5.97 Å². The normalized spacial score (nSPS) is 10.7. The Hall–Kier alpha value is -2.03. The Labute approximate surface area is 113 Å². The number of nitrogens with zero attached hydrogens (tertiary/aromatic N) is 1. The molecule has 0 saturated heterocycles. The Bertz CT molecular complexity index is 615. The van der Waals surface area contributed by atoms with E-state index in [1.54, 1.807) is 6.07 Å². The number of benzene rings is 1. The molecule has 1 aromatic heterocycles. The van der Waals surface area contributed by atoms with Crippen LogP contribution in [0.2, 0.25) is 0 Å². The minimum atomic E-state index is -0.879. The summed E-state index contributed by atoms with van der Waals surface area (Å²) in [6.45, 7) is 8.84. The summed E-state index contributed by atoms with van der Waals surface area (Å²) >= 11 is 0. The zero-order chi connectivity index (χ0) is 14.2. The molecule has 0 radical (unpaired) electrons. The van der Waals surface area contributed by atoms with Crippen molar-refractivity contribution in [3.05, 3.63) is 46.6 Å². The minimum Gasteiger partial charge on any atom is -0.477 e. The summed E-state index contributed by atoms with van der Waals surface area (Å²) in [4.78, 5) is 11.2. The van der Waals surface area contributed by atoms with Crippen LogP contribution in [0.3, 0.4) is 0 Å². The first-order chi connectivity index (χ1) is 8.95. The first-order valence-corrected chi connectivity index (χ1v) is 6.46. The van der Waals surface area contributed by atoms with E-state index >= 15 is 0 Å². The van der Waals surface area contributed by atoms with Gasteiger partial charge in [0.25, 0.3) is 0 Å². The van der Waals surface area contributed by atoms with E-state index in [1.165, 1.54) is 16.7 Å². The van der Waals surface area contributed by atoms with E-state index in [0.717, 1.165) is 11.3 Å². The van der Waals surface area contributed by atoms with Crippen molar-refractivity contribution in [2.24, 2.45) is 0 Å². The predicted octanol–water partition coefficient (Wildman–Crippen LogP) is 3.80.